The number of rotatable bonds is 7. The molecule has 1 heterocycles. The fraction of sp³-hybridized carbons (Fsp3) is 0.375. The number of carboxylic acid groups (broad SMARTS) is 1. The Labute approximate surface area is 175 Å². The average molecular weight is 415 g/mol. The molecule has 1 atom stereocenters. The Balaban J connectivity index is 1.77. The van der Waals surface area contributed by atoms with Crippen LogP contribution in [0.2, 0.25) is 0 Å². The predicted molar refractivity (Wildman–Crippen MR) is 112 cm³/mol. The van der Waals surface area contributed by atoms with E-state index in [0.717, 1.165) is 40.8 Å². The van der Waals surface area contributed by atoms with Crippen LogP contribution in [0.5, 0.6) is 0 Å². The van der Waals surface area contributed by atoms with Crippen molar-refractivity contribution in [3.8, 4) is 0 Å². The van der Waals surface area contributed by atoms with Crippen molar-refractivity contribution in [2.45, 2.75) is 26.7 Å². The van der Waals surface area contributed by atoms with Crippen LogP contribution in [0.15, 0.2) is 42.7 Å². The fourth-order valence-electron chi connectivity index (χ4n) is 3.91. The summed E-state index contributed by atoms with van der Waals surface area (Å²) in [6.45, 7) is 6.06. The van der Waals surface area contributed by atoms with Gasteiger partial charge in [0.2, 0.25) is 0 Å². The van der Waals surface area contributed by atoms with Gasteiger partial charge >= 0.3 is 5.97 Å². The number of hydrogen-bond donors (Lipinski definition) is 1. The van der Waals surface area contributed by atoms with E-state index in [1.165, 1.54) is 24.3 Å². The summed E-state index contributed by atoms with van der Waals surface area (Å²) in [6.07, 6.45) is 3.21. The van der Waals surface area contributed by atoms with Crippen molar-refractivity contribution in [1.29, 1.82) is 0 Å². The summed E-state index contributed by atoms with van der Waals surface area (Å²) in [5, 5.41) is 9.22. The number of piperidine rings is 1. The molecule has 2 aromatic carbocycles. The predicted octanol–water partition coefficient (Wildman–Crippen LogP) is 4.78. The molecule has 4 nitrogen and oxygen atoms in total. The van der Waals surface area contributed by atoms with Gasteiger partial charge in [-0.25, -0.2) is 8.78 Å². The molecule has 1 aliphatic heterocycles. The lowest BCUT2D eigenvalue weighted by atomic mass is 9.92. The Hall–Kier alpha value is -2.73. The van der Waals surface area contributed by atoms with Crippen LogP contribution in [-0.2, 0) is 9.53 Å². The van der Waals surface area contributed by atoms with Crippen LogP contribution < -0.4 is 0 Å². The summed E-state index contributed by atoms with van der Waals surface area (Å²) >= 11 is 0. The molecule has 0 saturated carbocycles. The first-order chi connectivity index (χ1) is 14.3. The minimum absolute atomic E-state index is 0.314. The van der Waals surface area contributed by atoms with Gasteiger partial charge in [-0.05, 0) is 79.8 Å². The molecule has 0 aliphatic carbocycles. The normalized spacial score (nSPS) is 16.9. The molecule has 1 fully saturated rings. The number of aryl methyl sites for hydroxylation is 2. The van der Waals surface area contributed by atoms with Crippen molar-refractivity contribution in [3.05, 3.63) is 76.5 Å². The number of ether oxygens (including phenoxy) is 1. The van der Waals surface area contributed by atoms with Crippen molar-refractivity contribution < 1.29 is 23.4 Å². The van der Waals surface area contributed by atoms with Gasteiger partial charge in [-0.15, -0.1) is 0 Å². The van der Waals surface area contributed by atoms with Gasteiger partial charge < -0.3 is 9.84 Å². The number of benzene rings is 2. The van der Waals surface area contributed by atoms with E-state index in [9.17, 15) is 18.7 Å². The topological polar surface area (TPSA) is 49.8 Å². The van der Waals surface area contributed by atoms with E-state index in [1.807, 2.05) is 13.8 Å². The van der Waals surface area contributed by atoms with E-state index < -0.39 is 5.97 Å². The number of hydrogen-bond acceptors (Lipinski definition) is 3. The second kappa shape index (κ2) is 9.85. The first kappa shape index (κ1) is 22.0. The van der Waals surface area contributed by atoms with Gasteiger partial charge in [-0.1, -0.05) is 12.1 Å². The minimum atomic E-state index is -0.749. The number of carboxylic acids is 1. The molecular weight excluding hydrogens is 388 g/mol. The van der Waals surface area contributed by atoms with E-state index in [-0.39, 0.29) is 17.6 Å². The van der Waals surface area contributed by atoms with Crippen LogP contribution in [0.25, 0.3) is 5.57 Å². The summed E-state index contributed by atoms with van der Waals surface area (Å²) < 4.78 is 33.0. The lowest BCUT2D eigenvalue weighted by molar-refractivity contribution is -0.143. The van der Waals surface area contributed by atoms with Gasteiger partial charge in [-0.3, -0.25) is 9.69 Å². The highest BCUT2D eigenvalue weighted by atomic mass is 19.1. The third kappa shape index (κ3) is 5.45. The summed E-state index contributed by atoms with van der Waals surface area (Å²) in [6, 6.07) is 9.11. The van der Waals surface area contributed by atoms with Gasteiger partial charge in [0.1, 0.15) is 18.2 Å². The lowest BCUT2D eigenvalue weighted by Crippen LogP contribution is -2.40. The van der Waals surface area contributed by atoms with Crippen molar-refractivity contribution in [3.63, 3.8) is 0 Å². The zero-order valence-corrected chi connectivity index (χ0v) is 17.3. The monoisotopic (exact) mass is 415 g/mol. The van der Waals surface area contributed by atoms with Crippen LogP contribution in [0.3, 0.4) is 0 Å². The minimum Gasteiger partial charge on any atom is -0.499 e. The van der Waals surface area contributed by atoms with Crippen LogP contribution in [0.4, 0.5) is 8.78 Å². The molecule has 0 spiro atoms. The maximum atomic E-state index is 13.6. The third-order valence-electron chi connectivity index (χ3n) is 5.54. The standard InChI is InChI=1S/C24H27F2NO3/c1-16-12-19(25)5-7-21(16)23(22-8-6-20(26)13-17(22)2)15-30-11-10-27-9-3-4-18(14-27)24(28)29/h5-8,12-13,15,18H,3-4,9-11,14H2,1-2H3,(H,28,29)/t18-/m1/s1. The molecule has 0 unspecified atom stereocenters. The SMILES string of the molecule is Cc1cc(F)ccc1C(=COCCN1CCC[C@@H](C(=O)O)C1)c1ccc(F)cc1C. The van der Waals surface area contributed by atoms with E-state index in [2.05, 4.69) is 4.90 Å². The smallest absolute Gasteiger partial charge is 0.307 e. The van der Waals surface area contributed by atoms with E-state index in [1.54, 1.807) is 18.4 Å². The largest absolute Gasteiger partial charge is 0.499 e. The summed E-state index contributed by atoms with van der Waals surface area (Å²) in [4.78, 5) is 13.3. The van der Waals surface area contributed by atoms with E-state index in [0.29, 0.717) is 26.1 Å². The Morgan fingerprint density at radius 3 is 2.27 bits per heavy atom. The maximum Gasteiger partial charge on any atom is 0.307 e. The summed E-state index contributed by atoms with van der Waals surface area (Å²) in [5.41, 5.74) is 3.90. The van der Waals surface area contributed by atoms with Gasteiger partial charge in [0.25, 0.3) is 0 Å². The highest BCUT2D eigenvalue weighted by Crippen LogP contribution is 2.29. The van der Waals surface area contributed by atoms with Gasteiger partial charge in [0.15, 0.2) is 0 Å². The first-order valence-corrected chi connectivity index (χ1v) is 10.1. The summed E-state index contributed by atoms with van der Waals surface area (Å²) in [7, 11) is 0. The molecule has 6 heteroatoms. The molecule has 1 aliphatic rings. The van der Waals surface area contributed by atoms with Crippen molar-refractivity contribution in [2.24, 2.45) is 5.92 Å². The highest BCUT2D eigenvalue weighted by Gasteiger charge is 2.25. The van der Waals surface area contributed by atoms with Crippen LogP contribution >= 0.6 is 0 Å². The molecule has 1 saturated heterocycles. The first-order valence-electron chi connectivity index (χ1n) is 10.1. The van der Waals surface area contributed by atoms with Crippen molar-refractivity contribution >= 4 is 11.5 Å². The van der Waals surface area contributed by atoms with Gasteiger partial charge in [0.05, 0.1) is 12.2 Å². The molecule has 0 radical (unpaired) electrons. The molecule has 0 bridgehead atoms. The molecule has 2 aromatic rings. The number of halogens is 2. The maximum absolute atomic E-state index is 13.6. The van der Waals surface area contributed by atoms with Crippen molar-refractivity contribution in [1.82, 2.24) is 4.90 Å². The van der Waals surface area contributed by atoms with Crippen molar-refractivity contribution in [2.75, 3.05) is 26.2 Å². The highest BCUT2D eigenvalue weighted by molar-refractivity contribution is 5.82. The molecule has 30 heavy (non-hydrogen) atoms. The lowest BCUT2D eigenvalue weighted by Gasteiger charge is -2.30. The van der Waals surface area contributed by atoms with Crippen LogP contribution in [0.1, 0.15) is 35.1 Å². The molecule has 1 N–H and O–H groups in total. The Kier molecular flexibility index (Phi) is 7.21. The van der Waals surface area contributed by atoms with Crippen LogP contribution in [-0.4, -0.2) is 42.2 Å². The Morgan fingerprint density at radius 2 is 1.73 bits per heavy atom. The van der Waals surface area contributed by atoms with E-state index in [4.69, 9.17) is 4.74 Å². The zero-order chi connectivity index (χ0) is 21.7. The number of carbonyl (C=O) groups is 1. The average Bonchev–Trinajstić information content (AvgIpc) is 2.70. The van der Waals surface area contributed by atoms with Gasteiger partial charge in [0, 0.05) is 18.7 Å². The summed E-state index contributed by atoms with van der Waals surface area (Å²) in [5.74, 6) is -1.70. The second-order valence-electron chi connectivity index (χ2n) is 7.80. The zero-order valence-electron chi connectivity index (χ0n) is 17.3. The fourth-order valence-corrected chi connectivity index (χ4v) is 3.91. The molecule has 3 rings (SSSR count). The van der Waals surface area contributed by atoms with E-state index >= 15 is 0 Å². The quantitative estimate of drug-likeness (QED) is 0.522. The molecule has 0 aromatic heterocycles. The van der Waals surface area contributed by atoms with Crippen LogP contribution in [0, 0.1) is 31.4 Å². The van der Waals surface area contributed by atoms with Gasteiger partial charge in [-0.2, -0.15) is 0 Å². The Bertz CT molecular complexity index is 889. The molecular formula is C24H27F2NO3. The molecule has 0 amide bonds. The Morgan fingerprint density at radius 1 is 1.13 bits per heavy atom. The number of likely N-dealkylation sites (tertiary alicyclic amines) is 1. The second-order valence-corrected chi connectivity index (χ2v) is 7.80. The number of aliphatic carboxylic acids is 1. The molecule has 160 valence electrons. The number of nitrogens with zero attached hydrogens (tertiary/aromatic N) is 1. The third-order valence-corrected chi connectivity index (χ3v) is 5.54.